The Hall–Kier alpha value is -1.39. The summed E-state index contributed by atoms with van der Waals surface area (Å²) in [5, 5.41) is 3.79. The lowest BCUT2D eigenvalue weighted by molar-refractivity contribution is -0.166. The standard InChI is InChI=1S/C15H27BN2O6S/c1-7-8-9-10-11(25(17,21)22)16-23-12(19)14(2,3)18(6)15(4,5)13(20)24-16/h9-11H,7-8H2,1-6H3,(H2,17,21,22). The lowest BCUT2D eigenvalue weighted by Crippen LogP contribution is -2.66. The van der Waals surface area contributed by atoms with E-state index in [0.29, 0.717) is 6.42 Å². The molecule has 0 aliphatic carbocycles. The number of carbonyl (C=O) groups excluding carboxylic acids is 2. The van der Waals surface area contributed by atoms with Crippen molar-refractivity contribution in [1.82, 2.24) is 4.90 Å². The summed E-state index contributed by atoms with van der Waals surface area (Å²) in [7, 11) is -4.21. The molecular weight excluding hydrogens is 347 g/mol. The highest BCUT2D eigenvalue weighted by Gasteiger charge is 2.54. The Morgan fingerprint density at radius 3 is 1.96 bits per heavy atom. The number of nitrogens with two attached hydrogens (primary N) is 1. The Labute approximate surface area is 149 Å². The molecule has 1 saturated heterocycles. The van der Waals surface area contributed by atoms with Crippen molar-refractivity contribution < 1.29 is 27.3 Å². The van der Waals surface area contributed by atoms with Crippen molar-refractivity contribution >= 4 is 29.1 Å². The Bertz CT molecular complexity index is 629. The third-order valence-corrected chi connectivity index (χ3v) is 5.69. The SMILES string of the molecule is CCCC=CC(B1OC(=O)C(C)(C)N(C)C(C)(C)C(=O)O1)S(N)(=O)=O. The zero-order chi connectivity index (χ0) is 19.6. The van der Waals surface area contributed by atoms with E-state index in [-0.39, 0.29) is 0 Å². The van der Waals surface area contributed by atoms with E-state index in [1.165, 1.54) is 11.0 Å². The van der Waals surface area contributed by atoms with Crippen LogP contribution in [0, 0.1) is 0 Å². The summed E-state index contributed by atoms with van der Waals surface area (Å²) in [6.07, 6.45) is 4.32. The number of allylic oxidation sites excluding steroid dienone is 1. The average Bonchev–Trinajstić information content (AvgIpc) is 2.47. The highest BCUT2D eigenvalue weighted by atomic mass is 32.2. The smallest absolute Gasteiger partial charge is 0.497 e. The van der Waals surface area contributed by atoms with Crippen molar-refractivity contribution in [2.24, 2.45) is 5.14 Å². The molecule has 1 heterocycles. The van der Waals surface area contributed by atoms with Crippen LogP contribution < -0.4 is 5.14 Å². The van der Waals surface area contributed by atoms with Crippen LogP contribution in [0.3, 0.4) is 0 Å². The van der Waals surface area contributed by atoms with Gasteiger partial charge in [0.05, 0.1) is 0 Å². The topological polar surface area (TPSA) is 116 Å². The van der Waals surface area contributed by atoms with E-state index in [1.54, 1.807) is 40.8 Å². The predicted octanol–water partition coefficient (Wildman–Crippen LogP) is 0.616. The number of primary sulfonamides is 1. The van der Waals surface area contributed by atoms with Crippen LogP contribution in [0.4, 0.5) is 0 Å². The maximum atomic E-state index is 12.6. The molecule has 25 heavy (non-hydrogen) atoms. The van der Waals surface area contributed by atoms with Crippen LogP contribution in [0.5, 0.6) is 0 Å². The molecule has 1 atom stereocenters. The van der Waals surface area contributed by atoms with Crippen LogP contribution in [-0.4, -0.2) is 55.6 Å². The van der Waals surface area contributed by atoms with Gasteiger partial charge in [0.1, 0.15) is 11.1 Å². The first kappa shape index (κ1) is 21.7. The second-order valence-electron chi connectivity index (χ2n) is 7.13. The maximum absolute atomic E-state index is 12.6. The summed E-state index contributed by atoms with van der Waals surface area (Å²) in [5.74, 6) is -1.42. The largest absolute Gasteiger partial charge is 0.623 e. The number of sulfonamides is 1. The number of hydrogen-bond acceptors (Lipinski definition) is 7. The molecule has 0 spiro atoms. The molecular formula is C15H27BN2O6S. The molecule has 1 aliphatic rings. The lowest BCUT2D eigenvalue weighted by Gasteiger charge is -2.45. The molecule has 0 saturated carbocycles. The van der Waals surface area contributed by atoms with E-state index in [0.717, 1.165) is 6.42 Å². The third kappa shape index (κ3) is 4.62. The predicted molar refractivity (Wildman–Crippen MR) is 94.8 cm³/mol. The molecule has 8 nitrogen and oxygen atoms in total. The molecule has 0 bridgehead atoms. The number of carbonyl (C=O) groups is 2. The molecule has 2 N–H and O–H groups in total. The first-order chi connectivity index (χ1) is 11.3. The van der Waals surface area contributed by atoms with Gasteiger partial charge < -0.3 is 9.31 Å². The lowest BCUT2D eigenvalue weighted by atomic mass is 9.80. The molecule has 0 amide bonds. The Morgan fingerprint density at radius 1 is 1.16 bits per heavy atom. The van der Waals surface area contributed by atoms with E-state index in [4.69, 9.17) is 14.4 Å². The minimum atomic E-state index is -4.16. The van der Waals surface area contributed by atoms with E-state index >= 15 is 0 Å². The van der Waals surface area contributed by atoms with Crippen molar-refractivity contribution in [2.75, 3.05) is 7.05 Å². The summed E-state index contributed by atoms with van der Waals surface area (Å²) in [5.41, 5.74) is -2.34. The van der Waals surface area contributed by atoms with Crippen molar-refractivity contribution in [3.63, 3.8) is 0 Å². The van der Waals surface area contributed by atoms with Crippen LogP contribution in [0.1, 0.15) is 47.5 Å². The fourth-order valence-corrected chi connectivity index (χ4v) is 3.13. The van der Waals surface area contributed by atoms with Crippen molar-refractivity contribution in [3.05, 3.63) is 12.2 Å². The van der Waals surface area contributed by atoms with Crippen molar-refractivity contribution in [1.29, 1.82) is 0 Å². The average molecular weight is 374 g/mol. The summed E-state index contributed by atoms with van der Waals surface area (Å²) < 4.78 is 34.4. The molecule has 1 aliphatic heterocycles. The van der Waals surface area contributed by atoms with Crippen molar-refractivity contribution in [3.8, 4) is 0 Å². The van der Waals surface area contributed by atoms with Gasteiger partial charge in [0.2, 0.25) is 10.0 Å². The Kier molecular flexibility index (Phi) is 6.47. The molecule has 1 unspecified atom stereocenters. The zero-order valence-corrected chi connectivity index (χ0v) is 16.4. The van der Waals surface area contributed by atoms with E-state index < -0.39 is 45.3 Å². The molecule has 0 radical (unpaired) electrons. The van der Waals surface area contributed by atoms with Gasteiger partial charge in [-0.15, -0.1) is 0 Å². The van der Waals surface area contributed by atoms with E-state index in [9.17, 15) is 18.0 Å². The van der Waals surface area contributed by atoms with Crippen LogP contribution in [0.2, 0.25) is 0 Å². The second-order valence-corrected chi connectivity index (χ2v) is 8.85. The van der Waals surface area contributed by atoms with Gasteiger partial charge >= 0.3 is 19.1 Å². The fraction of sp³-hybridized carbons (Fsp3) is 0.733. The van der Waals surface area contributed by atoms with Crippen LogP contribution in [0.25, 0.3) is 0 Å². The Morgan fingerprint density at radius 2 is 1.60 bits per heavy atom. The molecule has 10 heteroatoms. The molecule has 0 aromatic carbocycles. The van der Waals surface area contributed by atoms with Crippen LogP contribution in [-0.2, 0) is 28.9 Å². The van der Waals surface area contributed by atoms with Crippen LogP contribution >= 0.6 is 0 Å². The number of likely N-dealkylation sites (N-methyl/N-ethyl adjacent to an activating group) is 1. The van der Waals surface area contributed by atoms with Gasteiger partial charge in [-0.3, -0.25) is 14.5 Å². The summed E-state index contributed by atoms with van der Waals surface area (Å²) in [4.78, 5) is 26.6. The van der Waals surface area contributed by atoms with Gasteiger partial charge in [-0.1, -0.05) is 25.5 Å². The Balaban J connectivity index is 3.34. The molecule has 142 valence electrons. The number of hydrogen-bond donors (Lipinski definition) is 1. The maximum Gasteiger partial charge on any atom is 0.623 e. The first-order valence-corrected chi connectivity index (χ1v) is 9.71. The quantitative estimate of drug-likeness (QED) is 0.554. The van der Waals surface area contributed by atoms with E-state index in [2.05, 4.69) is 0 Å². The van der Waals surface area contributed by atoms with Gasteiger partial charge in [-0.2, -0.15) is 0 Å². The second kappa shape index (κ2) is 7.47. The first-order valence-electron chi connectivity index (χ1n) is 8.10. The van der Waals surface area contributed by atoms with Gasteiger partial charge in [-0.05, 0) is 41.2 Å². The van der Waals surface area contributed by atoms with Gasteiger partial charge in [0.25, 0.3) is 0 Å². The van der Waals surface area contributed by atoms with Gasteiger partial charge in [0, 0.05) is 0 Å². The van der Waals surface area contributed by atoms with Crippen molar-refractivity contribution in [2.45, 2.75) is 63.7 Å². The monoisotopic (exact) mass is 374 g/mol. The highest BCUT2D eigenvalue weighted by Crippen LogP contribution is 2.29. The molecule has 0 aromatic rings. The molecule has 0 aromatic heterocycles. The normalized spacial score (nSPS) is 22.9. The van der Waals surface area contributed by atoms with Gasteiger partial charge in [-0.25, -0.2) is 13.6 Å². The number of unbranched alkanes of at least 4 members (excludes halogenated alkanes) is 1. The van der Waals surface area contributed by atoms with Crippen LogP contribution in [0.15, 0.2) is 12.2 Å². The molecule has 1 rings (SSSR count). The number of rotatable bonds is 5. The van der Waals surface area contributed by atoms with Gasteiger partial charge in [0.15, 0.2) is 5.15 Å². The number of nitrogens with zero attached hydrogens (tertiary/aromatic N) is 1. The minimum absolute atomic E-state index is 0.611. The minimum Gasteiger partial charge on any atom is -0.497 e. The summed E-state index contributed by atoms with van der Waals surface area (Å²) in [6.45, 7) is 8.28. The highest BCUT2D eigenvalue weighted by molar-refractivity contribution is 7.91. The fourth-order valence-electron chi connectivity index (χ4n) is 2.38. The summed E-state index contributed by atoms with van der Waals surface area (Å²) in [6, 6.07) is 0. The van der Waals surface area contributed by atoms with E-state index in [1.807, 2.05) is 6.92 Å². The zero-order valence-electron chi connectivity index (χ0n) is 15.6. The third-order valence-electron chi connectivity index (χ3n) is 4.55. The molecule has 1 fully saturated rings. The summed E-state index contributed by atoms with van der Waals surface area (Å²) >= 11 is 0.